The highest BCUT2D eigenvalue weighted by Gasteiger charge is 2.17. The Bertz CT molecular complexity index is 270. The second kappa shape index (κ2) is 10.2. The Hall–Kier alpha value is -1.32. The topological polar surface area (TPSA) is 88.3 Å². The van der Waals surface area contributed by atoms with E-state index in [2.05, 4.69) is 9.98 Å². The lowest BCUT2D eigenvalue weighted by Gasteiger charge is -2.17. The van der Waals surface area contributed by atoms with Crippen molar-refractivity contribution in [1.82, 2.24) is 0 Å². The molecule has 0 aromatic rings. The van der Waals surface area contributed by atoms with Crippen molar-refractivity contribution >= 4 is 12.2 Å². The summed E-state index contributed by atoms with van der Waals surface area (Å²) in [5, 5.41) is 9.46. The third kappa shape index (κ3) is 7.04. The molecular formula is C10H16N2O4. The highest BCUT2D eigenvalue weighted by Crippen LogP contribution is 2.10. The molecule has 16 heavy (non-hydrogen) atoms. The first-order chi connectivity index (χ1) is 7.76. The van der Waals surface area contributed by atoms with E-state index in [-0.39, 0.29) is 0 Å². The normalized spacial score (nSPS) is 13.4. The van der Waals surface area contributed by atoms with E-state index in [4.69, 9.17) is 4.74 Å². The van der Waals surface area contributed by atoms with Crippen LogP contribution in [0.4, 0.5) is 0 Å². The summed E-state index contributed by atoms with van der Waals surface area (Å²) in [6.45, 7) is 2.48. The van der Waals surface area contributed by atoms with Crippen LogP contribution in [0, 0.1) is 0 Å². The number of nitrogens with zero attached hydrogens (tertiary/aromatic N) is 2. The lowest BCUT2D eigenvalue weighted by molar-refractivity contribution is -0.109. The van der Waals surface area contributed by atoms with Crippen LogP contribution in [0.15, 0.2) is 9.98 Å². The average molecular weight is 228 g/mol. The number of aliphatic hydroxyl groups excluding tert-OH is 1. The molecule has 0 aliphatic rings. The molecule has 0 aromatic carbocycles. The molecule has 0 aliphatic carbocycles. The minimum Gasteiger partial charge on any atom is -0.366 e. The van der Waals surface area contributed by atoms with Gasteiger partial charge in [0.25, 0.3) is 0 Å². The maximum atomic E-state index is 10.1. The molecule has 0 saturated heterocycles. The molecule has 6 heteroatoms. The van der Waals surface area contributed by atoms with Gasteiger partial charge < -0.3 is 9.84 Å². The number of carbonyl (C=O) groups excluding carboxylic acids is 2. The summed E-state index contributed by atoms with van der Waals surface area (Å²) in [5.74, 6) is 0. The second-order valence-electron chi connectivity index (χ2n) is 3.10. The molecule has 0 spiro atoms. The van der Waals surface area contributed by atoms with Gasteiger partial charge in [-0.25, -0.2) is 14.6 Å². The van der Waals surface area contributed by atoms with Gasteiger partial charge in [0.1, 0.15) is 6.04 Å². The Morgan fingerprint density at radius 2 is 2.06 bits per heavy atom. The smallest absolute Gasteiger partial charge is 0.235 e. The molecule has 2 atom stereocenters. The monoisotopic (exact) mass is 228 g/mol. The molecule has 0 bridgehead atoms. The maximum Gasteiger partial charge on any atom is 0.235 e. The Morgan fingerprint density at radius 1 is 1.31 bits per heavy atom. The van der Waals surface area contributed by atoms with Gasteiger partial charge >= 0.3 is 0 Å². The predicted molar refractivity (Wildman–Crippen MR) is 56.4 cm³/mol. The number of aliphatic imine (C=N–C) groups is 2. The van der Waals surface area contributed by atoms with Crippen LogP contribution < -0.4 is 0 Å². The van der Waals surface area contributed by atoms with Crippen LogP contribution in [0.1, 0.15) is 26.2 Å². The predicted octanol–water partition coefficient (Wildman–Crippen LogP) is 0.552. The number of hydrogen-bond donors (Lipinski definition) is 1. The Labute approximate surface area is 94.0 Å². The Balaban J connectivity index is 3.93. The van der Waals surface area contributed by atoms with Gasteiger partial charge in [0.05, 0.1) is 6.54 Å². The van der Waals surface area contributed by atoms with Crippen molar-refractivity contribution in [1.29, 1.82) is 0 Å². The van der Waals surface area contributed by atoms with Crippen LogP contribution in [-0.4, -0.2) is 42.7 Å². The van der Waals surface area contributed by atoms with E-state index in [1.807, 2.05) is 0 Å². The standard InChI is InChI=1S/C10H16N2O4/c1-2-16-10(15)9(12-8-14)5-3-4-6-11-7-13/h9-10,15H,2-6H2,1H3. The van der Waals surface area contributed by atoms with Crippen LogP contribution in [-0.2, 0) is 14.3 Å². The highest BCUT2D eigenvalue weighted by atomic mass is 16.6. The number of isocyanates is 2. The number of hydrogen-bond acceptors (Lipinski definition) is 6. The van der Waals surface area contributed by atoms with Gasteiger partial charge in [0.15, 0.2) is 6.29 Å². The zero-order valence-electron chi connectivity index (χ0n) is 9.26. The van der Waals surface area contributed by atoms with Gasteiger partial charge in [-0.3, -0.25) is 0 Å². The third-order valence-electron chi connectivity index (χ3n) is 1.97. The van der Waals surface area contributed by atoms with E-state index >= 15 is 0 Å². The van der Waals surface area contributed by atoms with Crippen LogP contribution in [0.3, 0.4) is 0 Å². The quantitative estimate of drug-likeness (QED) is 0.270. The number of rotatable bonds is 9. The van der Waals surface area contributed by atoms with Gasteiger partial charge in [-0.05, 0) is 26.2 Å². The molecule has 0 amide bonds. The van der Waals surface area contributed by atoms with Gasteiger partial charge in [-0.1, -0.05) is 0 Å². The molecule has 90 valence electrons. The molecule has 1 N–H and O–H groups in total. The first-order valence-electron chi connectivity index (χ1n) is 5.16. The molecule has 0 aromatic heterocycles. The molecule has 0 saturated carbocycles. The van der Waals surface area contributed by atoms with E-state index < -0.39 is 12.3 Å². The minimum absolute atomic E-state index is 0.349. The molecule has 0 aliphatic heterocycles. The van der Waals surface area contributed by atoms with Crippen molar-refractivity contribution in [3.8, 4) is 0 Å². The fourth-order valence-electron chi connectivity index (χ4n) is 1.21. The zero-order valence-corrected chi connectivity index (χ0v) is 9.26. The lowest BCUT2D eigenvalue weighted by atomic mass is 10.1. The van der Waals surface area contributed by atoms with E-state index in [1.165, 1.54) is 12.2 Å². The van der Waals surface area contributed by atoms with Crippen molar-refractivity contribution in [2.75, 3.05) is 13.2 Å². The highest BCUT2D eigenvalue weighted by molar-refractivity contribution is 5.33. The van der Waals surface area contributed by atoms with E-state index in [0.717, 1.165) is 0 Å². The summed E-state index contributed by atoms with van der Waals surface area (Å²) in [7, 11) is 0. The largest absolute Gasteiger partial charge is 0.366 e. The molecule has 6 nitrogen and oxygen atoms in total. The summed E-state index contributed by atoms with van der Waals surface area (Å²) < 4.78 is 4.93. The van der Waals surface area contributed by atoms with E-state index in [9.17, 15) is 14.7 Å². The van der Waals surface area contributed by atoms with Gasteiger partial charge in [-0.2, -0.15) is 4.99 Å². The maximum absolute atomic E-state index is 10.1. The average Bonchev–Trinajstić information content (AvgIpc) is 2.27. The second-order valence-corrected chi connectivity index (χ2v) is 3.10. The van der Waals surface area contributed by atoms with Crippen LogP contribution in [0.25, 0.3) is 0 Å². The zero-order chi connectivity index (χ0) is 12.2. The summed E-state index contributed by atoms with van der Waals surface area (Å²) >= 11 is 0. The molecule has 0 rings (SSSR count). The van der Waals surface area contributed by atoms with Crippen LogP contribution in [0.2, 0.25) is 0 Å². The molecule has 0 heterocycles. The molecule has 0 radical (unpaired) electrons. The van der Waals surface area contributed by atoms with Crippen molar-refractivity contribution in [3.63, 3.8) is 0 Å². The van der Waals surface area contributed by atoms with Gasteiger partial charge in [-0.15, -0.1) is 0 Å². The third-order valence-corrected chi connectivity index (χ3v) is 1.97. The van der Waals surface area contributed by atoms with Crippen molar-refractivity contribution < 1.29 is 19.4 Å². The Morgan fingerprint density at radius 3 is 2.62 bits per heavy atom. The van der Waals surface area contributed by atoms with Gasteiger partial charge in [0, 0.05) is 6.61 Å². The lowest BCUT2D eigenvalue weighted by Crippen LogP contribution is -2.27. The first kappa shape index (κ1) is 14.7. The number of unbranched alkanes of at least 4 members (excludes halogenated alkanes) is 1. The van der Waals surface area contributed by atoms with Crippen LogP contribution >= 0.6 is 0 Å². The number of ether oxygens (including phenoxy) is 1. The van der Waals surface area contributed by atoms with E-state index in [0.29, 0.717) is 32.4 Å². The summed E-state index contributed by atoms with van der Waals surface area (Å²) in [6, 6.07) is -0.599. The van der Waals surface area contributed by atoms with E-state index in [1.54, 1.807) is 6.92 Å². The van der Waals surface area contributed by atoms with Crippen LogP contribution in [0.5, 0.6) is 0 Å². The summed E-state index contributed by atoms with van der Waals surface area (Å²) in [6.07, 6.45) is 3.62. The van der Waals surface area contributed by atoms with Crippen molar-refractivity contribution in [2.24, 2.45) is 9.98 Å². The fraction of sp³-hybridized carbons (Fsp3) is 0.800. The minimum atomic E-state index is -1.08. The summed E-state index contributed by atoms with van der Waals surface area (Å²) in [5.41, 5.74) is 0. The fourth-order valence-corrected chi connectivity index (χ4v) is 1.21. The molecule has 0 fully saturated rings. The molecule has 2 unspecified atom stereocenters. The Kier molecular flexibility index (Phi) is 9.36. The van der Waals surface area contributed by atoms with Crippen molar-refractivity contribution in [3.05, 3.63) is 0 Å². The SMILES string of the molecule is CCOC(O)C(CCCCN=C=O)N=C=O. The van der Waals surface area contributed by atoms with Gasteiger partial charge in [0.2, 0.25) is 12.2 Å². The number of aliphatic hydroxyl groups is 1. The molecular weight excluding hydrogens is 212 g/mol. The first-order valence-corrected chi connectivity index (χ1v) is 5.16. The van der Waals surface area contributed by atoms with Crippen molar-refractivity contribution in [2.45, 2.75) is 38.5 Å². The summed E-state index contributed by atoms with van der Waals surface area (Å²) in [4.78, 5) is 26.8.